The first-order valence-electron chi connectivity index (χ1n) is 6.84. The first kappa shape index (κ1) is 12.9. The van der Waals surface area contributed by atoms with Crippen LogP contribution in [0, 0.1) is 0 Å². The van der Waals surface area contributed by atoms with E-state index >= 15 is 0 Å². The topological polar surface area (TPSA) is 49.8 Å². The van der Waals surface area contributed by atoms with E-state index in [-0.39, 0.29) is 0 Å². The molecule has 0 radical (unpaired) electrons. The van der Waals surface area contributed by atoms with Crippen molar-refractivity contribution in [2.75, 3.05) is 31.1 Å². The number of anilines is 1. The summed E-state index contributed by atoms with van der Waals surface area (Å²) in [5.74, 6) is 1.08. The number of nitrogens with two attached hydrogens (primary N) is 1. The largest absolute Gasteiger partial charge is 0.352 e. The van der Waals surface area contributed by atoms with E-state index in [2.05, 4.69) is 39.6 Å². The van der Waals surface area contributed by atoms with Gasteiger partial charge in [-0.1, -0.05) is 0 Å². The highest BCUT2D eigenvalue weighted by atomic mass is 32.1. The summed E-state index contributed by atoms with van der Waals surface area (Å²) in [4.78, 5) is 10.7. The van der Waals surface area contributed by atoms with Crippen LogP contribution in [0.25, 0.3) is 4.96 Å². The number of piperazine rings is 1. The van der Waals surface area contributed by atoms with Gasteiger partial charge in [-0.2, -0.15) is 0 Å². The second-order valence-electron chi connectivity index (χ2n) is 5.26. The van der Waals surface area contributed by atoms with Crippen molar-refractivity contribution in [3.05, 3.63) is 17.3 Å². The van der Waals surface area contributed by atoms with Gasteiger partial charge in [-0.15, -0.1) is 11.3 Å². The molecule has 0 spiro atoms. The molecule has 2 aromatic rings. The standard InChI is InChI=1S/C13H21N5S/c1-10(2)16-3-5-17(6-4-16)12-11(9-14)18-7-8-19-13(18)15-12/h7-8,10H,3-6,9,14H2,1-2H3. The molecule has 0 unspecified atom stereocenters. The molecule has 0 aliphatic carbocycles. The fraction of sp³-hybridized carbons (Fsp3) is 0.615. The Hall–Kier alpha value is -1.11. The Morgan fingerprint density at radius 3 is 2.68 bits per heavy atom. The maximum atomic E-state index is 5.91. The van der Waals surface area contributed by atoms with Crippen LogP contribution < -0.4 is 10.6 Å². The number of hydrogen-bond acceptors (Lipinski definition) is 5. The first-order chi connectivity index (χ1) is 9.20. The summed E-state index contributed by atoms with van der Waals surface area (Å²) in [5.41, 5.74) is 7.04. The molecule has 2 N–H and O–H groups in total. The molecule has 1 fully saturated rings. The predicted octanol–water partition coefficient (Wildman–Crippen LogP) is 1.38. The first-order valence-corrected chi connectivity index (χ1v) is 7.72. The van der Waals surface area contributed by atoms with Crippen molar-refractivity contribution in [3.8, 4) is 0 Å². The lowest BCUT2D eigenvalue weighted by Gasteiger charge is -2.37. The molecular formula is C13H21N5S. The van der Waals surface area contributed by atoms with E-state index in [1.54, 1.807) is 11.3 Å². The van der Waals surface area contributed by atoms with Crippen LogP contribution >= 0.6 is 11.3 Å². The average Bonchev–Trinajstić information content (AvgIpc) is 2.98. The normalized spacial score (nSPS) is 17.8. The SMILES string of the molecule is CC(C)N1CCN(c2nc3sccn3c2CN)CC1. The van der Waals surface area contributed by atoms with Gasteiger partial charge in [0, 0.05) is 50.3 Å². The van der Waals surface area contributed by atoms with Crippen molar-refractivity contribution in [1.29, 1.82) is 0 Å². The van der Waals surface area contributed by atoms with E-state index in [0.29, 0.717) is 12.6 Å². The van der Waals surface area contributed by atoms with Crippen LogP contribution in [0.4, 0.5) is 5.82 Å². The maximum Gasteiger partial charge on any atom is 0.195 e. The number of fused-ring (bicyclic) bond motifs is 1. The second kappa shape index (κ2) is 5.11. The zero-order valence-electron chi connectivity index (χ0n) is 11.5. The van der Waals surface area contributed by atoms with E-state index in [1.807, 2.05) is 0 Å². The summed E-state index contributed by atoms with van der Waals surface area (Å²) < 4.78 is 2.12. The minimum Gasteiger partial charge on any atom is -0.352 e. The van der Waals surface area contributed by atoms with Gasteiger partial charge in [0.15, 0.2) is 10.8 Å². The zero-order chi connectivity index (χ0) is 13.4. The van der Waals surface area contributed by atoms with Crippen LogP contribution in [0.5, 0.6) is 0 Å². The van der Waals surface area contributed by atoms with Crippen LogP contribution in [0.3, 0.4) is 0 Å². The fourth-order valence-electron chi connectivity index (χ4n) is 2.71. The molecule has 1 saturated heterocycles. The lowest BCUT2D eigenvalue weighted by molar-refractivity contribution is 0.209. The molecule has 1 aliphatic heterocycles. The Morgan fingerprint density at radius 2 is 2.05 bits per heavy atom. The average molecular weight is 279 g/mol. The summed E-state index contributed by atoms with van der Waals surface area (Å²) >= 11 is 1.67. The van der Waals surface area contributed by atoms with E-state index in [1.165, 1.54) is 0 Å². The molecule has 3 rings (SSSR count). The molecule has 0 bridgehead atoms. The third kappa shape index (κ3) is 2.24. The summed E-state index contributed by atoms with van der Waals surface area (Å²) in [7, 11) is 0. The number of aromatic nitrogens is 2. The zero-order valence-corrected chi connectivity index (χ0v) is 12.4. The van der Waals surface area contributed by atoms with Crippen LogP contribution in [0.15, 0.2) is 11.6 Å². The van der Waals surface area contributed by atoms with Gasteiger partial charge in [0.1, 0.15) is 0 Å². The number of hydrogen-bond donors (Lipinski definition) is 1. The lowest BCUT2D eigenvalue weighted by Crippen LogP contribution is -2.49. The summed E-state index contributed by atoms with van der Waals surface area (Å²) in [6, 6.07) is 0.626. The molecule has 0 atom stereocenters. The number of thiazole rings is 1. The molecule has 1 aliphatic rings. The molecule has 0 amide bonds. The van der Waals surface area contributed by atoms with Gasteiger partial charge in [-0.3, -0.25) is 9.30 Å². The molecule has 5 nitrogen and oxygen atoms in total. The highest BCUT2D eigenvalue weighted by Crippen LogP contribution is 2.25. The second-order valence-corrected chi connectivity index (χ2v) is 6.13. The number of rotatable bonds is 3. The van der Waals surface area contributed by atoms with Crippen molar-refractivity contribution >= 4 is 22.1 Å². The Kier molecular flexibility index (Phi) is 3.47. The van der Waals surface area contributed by atoms with Crippen molar-refractivity contribution in [3.63, 3.8) is 0 Å². The molecule has 3 heterocycles. The Morgan fingerprint density at radius 1 is 1.32 bits per heavy atom. The number of imidazole rings is 1. The van der Waals surface area contributed by atoms with Gasteiger partial charge in [0.2, 0.25) is 0 Å². The molecular weight excluding hydrogens is 258 g/mol. The maximum absolute atomic E-state index is 5.91. The molecule has 19 heavy (non-hydrogen) atoms. The molecule has 6 heteroatoms. The summed E-state index contributed by atoms with van der Waals surface area (Å²) in [5, 5.41) is 2.06. The number of nitrogens with zero attached hydrogens (tertiary/aromatic N) is 4. The monoisotopic (exact) mass is 279 g/mol. The summed E-state index contributed by atoms with van der Waals surface area (Å²) in [6.07, 6.45) is 2.06. The fourth-order valence-corrected chi connectivity index (χ4v) is 3.44. The van der Waals surface area contributed by atoms with E-state index in [0.717, 1.165) is 42.7 Å². The Bertz CT molecular complexity index is 550. The van der Waals surface area contributed by atoms with Crippen LogP contribution in [-0.4, -0.2) is 46.5 Å². The minimum atomic E-state index is 0.539. The van der Waals surface area contributed by atoms with Crippen LogP contribution in [-0.2, 0) is 6.54 Å². The lowest BCUT2D eigenvalue weighted by atomic mass is 10.2. The smallest absolute Gasteiger partial charge is 0.195 e. The van der Waals surface area contributed by atoms with Gasteiger partial charge < -0.3 is 10.6 Å². The van der Waals surface area contributed by atoms with Gasteiger partial charge in [-0.25, -0.2) is 4.98 Å². The quantitative estimate of drug-likeness (QED) is 0.922. The van der Waals surface area contributed by atoms with Gasteiger partial charge in [0.25, 0.3) is 0 Å². The summed E-state index contributed by atoms with van der Waals surface area (Å²) in [6.45, 7) is 9.34. The van der Waals surface area contributed by atoms with E-state index in [9.17, 15) is 0 Å². The Labute approximate surface area is 117 Å². The van der Waals surface area contributed by atoms with Crippen molar-refractivity contribution < 1.29 is 0 Å². The van der Waals surface area contributed by atoms with Crippen molar-refractivity contribution in [2.45, 2.75) is 26.4 Å². The van der Waals surface area contributed by atoms with Crippen LogP contribution in [0.1, 0.15) is 19.5 Å². The third-order valence-electron chi connectivity index (χ3n) is 3.88. The van der Waals surface area contributed by atoms with E-state index in [4.69, 9.17) is 10.7 Å². The highest BCUT2D eigenvalue weighted by molar-refractivity contribution is 7.15. The van der Waals surface area contributed by atoms with Gasteiger partial charge in [-0.05, 0) is 13.8 Å². The van der Waals surface area contributed by atoms with Gasteiger partial charge >= 0.3 is 0 Å². The molecule has 0 saturated carbocycles. The van der Waals surface area contributed by atoms with E-state index < -0.39 is 0 Å². The molecule has 0 aromatic carbocycles. The third-order valence-corrected chi connectivity index (χ3v) is 4.63. The molecule has 2 aromatic heterocycles. The Balaban J connectivity index is 1.83. The van der Waals surface area contributed by atoms with Crippen molar-refractivity contribution in [1.82, 2.24) is 14.3 Å². The van der Waals surface area contributed by atoms with Crippen molar-refractivity contribution in [2.24, 2.45) is 5.73 Å². The van der Waals surface area contributed by atoms with Gasteiger partial charge in [0.05, 0.1) is 5.69 Å². The predicted molar refractivity (Wildman–Crippen MR) is 79.9 cm³/mol. The minimum absolute atomic E-state index is 0.539. The highest BCUT2D eigenvalue weighted by Gasteiger charge is 2.23. The molecule has 104 valence electrons. The van der Waals surface area contributed by atoms with Crippen LogP contribution in [0.2, 0.25) is 0 Å².